The van der Waals surface area contributed by atoms with Crippen LogP contribution in [0.15, 0.2) is 47.6 Å². The highest BCUT2D eigenvalue weighted by molar-refractivity contribution is 7.98. The van der Waals surface area contributed by atoms with Crippen LogP contribution in [0.4, 0.5) is 5.69 Å². The van der Waals surface area contributed by atoms with E-state index in [2.05, 4.69) is 10.3 Å². The van der Waals surface area contributed by atoms with E-state index in [9.17, 15) is 14.4 Å². The van der Waals surface area contributed by atoms with E-state index in [1.807, 2.05) is 6.26 Å². The normalized spacial score (nSPS) is 10.5. The Kier molecular flexibility index (Phi) is 6.91. The summed E-state index contributed by atoms with van der Waals surface area (Å²) in [6.45, 7) is 3.23. The quantitative estimate of drug-likeness (QED) is 0.455. The molecule has 0 bridgehead atoms. The van der Waals surface area contributed by atoms with Gasteiger partial charge >= 0.3 is 5.97 Å². The molecule has 0 aliphatic carbocycles. The lowest BCUT2D eigenvalue weighted by molar-refractivity contribution is -0.118. The first-order valence-electron chi connectivity index (χ1n) is 8.02. The molecule has 0 saturated heterocycles. The Bertz CT molecular complexity index is 803. The highest BCUT2D eigenvalue weighted by Gasteiger charge is 2.16. The fourth-order valence-electron chi connectivity index (χ4n) is 2.03. The van der Waals surface area contributed by atoms with E-state index < -0.39 is 5.97 Å². The topological polar surface area (TPSA) is 85.4 Å². The Morgan fingerprint density at radius 2 is 1.85 bits per heavy atom. The maximum absolute atomic E-state index is 12.2. The lowest BCUT2D eigenvalue weighted by Crippen LogP contribution is -2.18. The summed E-state index contributed by atoms with van der Waals surface area (Å²) in [5.74, 6) is -1.14. The van der Waals surface area contributed by atoms with Crippen LogP contribution < -0.4 is 5.32 Å². The molecule has 1 aromatic carbocycles. The minimum atomic E-state index is -0.586. The van der Waals surface area contributed by atoms with Crippen molar-refractivity contribution in [2.75, 3.05) is 18.2 Å². The SMILES string of the molecule is CSc1ncccc1C(=O)OCC(=O)c1ccc(NC(=O)C(C)C)cc1. The second kappa shape index (κ2) is 9.15. The van der Waals surface area contributed by atoms with Gasteiger partial charge in [-0.2, -0.15) is 0 Å². The number of anilines is 1. The molecular formula is C19H20N2O4S. The Morgan fingerprint density at radius 3 is 2.46 bits per heavy atom. The average Bonchev–Trinajstić information content (AvgIpc) is 2.66. The molecule has 0 atom stereocenters. The van der Waals surface area contributed by atoms with Crippen molar-refractivity contribution < 1.29 is 19.1 Å². The van der Waals surface area contributed by atoms with Crippen LogP contribution in [0, 0.1) is 5.92 Å². The summed E-state index contributed by atoms with van der Waals surface area (Å²) in [4.78, 5) is 40.1. The van der Waals surface area contributed by atoms with E-state index in [1.165, 1.54) is 11.8 Å². The number of carbonyl (C=O) groups is 3. The number of carbonyl (C=O) groups excluding carboxylic acids is 3. The molecule has 0 fully saturated rings. The highest BCUT2D eigenvalue weighted by Crippen LogP contribution is 2.18. The van der Waals surface area contributed by atoms with Crippen molar-refractivity contribution in [1.82, 2.24) is 4.98 Å². The smallest absolute Gasteiger partial charge is 0.341 e. The molecule has 1 heterocycles. The number of nitrogens with one attached hydrogen (secondary N) is 1. The number of benzene rings is 1. The number of rotatable bonds is 7. The number of aromatic nitrogens is 1. The molecule has 0 radical (unpaired) electrons. The van der Waals surface area contributed by atoms with E-state index in [4.69, 9.17) is 4.74 Å². The van der Waals surface area contributed by atoms with Crippen LogP contribution >= 0.6 is 11.8 Å². The van der Waals surface area contributed by atoms with Crippen LogP contribution in [0.1, 0.15) is 34.6 Å². The number of hydrogen-bond acceptors (Lipinski definition) is 6. The number of pyridine rings is 1. The maximum Gasteiger partial charge on any atom is 0.341 e. The molecule has 0 saturated carbocycles. The number of amides is 1. The molecule has 1 N–H and O–H groups in total. The van der Waals surface area contributed by atoms with Crippen molar-refractivity contribution in [3.8, 4) is 0 Å². The number of Topliss-reactive ketones (excluding diaryl/α,β-unsaturated/α-hetero) is 1. The van der Waals surface area contributed by atoms with Gasteiger partial charge in [0.1, 0.15) is 5.03 Å². The summed E-state index contributed by atoms with van der Waals surface area (Å²) in [7, 11) is 0. The van der Waals surface area contributed by atoms with Crippen molar-refractivity contribution in [1.29, 1.82) is 0 Å². The summed E-state index contributed by atoms with van der Waals surface area (Å²) >= 11 is 1.33. The van der Waals surface area contributed by atoms with Gasteiger partial charge in [-0.05, 0) is 42.7 Å². The zero-order chi connectivity index (χ0) is 19.1. The number of thioether (sulfide) groups is 1. The Hall–Kier alpha value is -2.67. The third kappa shape index (κ3) is 5.16. The van der Waals surface area contributed by atoms with E-state index in [0.717, 1.165) is 0 Å². The first-order valence-corrected chi connectivity index (χ1v) is 9.25. The lowest BCUT2D eigenvalue weighted by Gasteiger charge is -2.09. The van der Waals surface area contributed by atoms with Crippen molar-refractivity contribution in [3.63, 3.8) is 0 Å². The minimum absolute atomic E-state index is 0.0981. The van der Waals surface area contributed by atoms with Crippen LogP contribution in [-0.4, -0.2) is 35.5 Å². The maximum atomic E-state index is 12.2. The summed E-state index contributed by atoms with van der Waals surface area (Å²) in [5.41, 5.74) is 1.34. The third-order valence-corrected chi connectivity index (χ3v) is 4.23. The summed E-state index contributed by atoms with van der Waals surface area (Å²) in [5, 5.41) is 3.30. The van der Waals surface area contributed by atoms with E-state index in [-0.39, 0.29) is 24.2 Å². The Balaban J connectivity index is 1.95. The zero-order valence-corrected chi connectivity index (χ0v) is 15.6. The molecule has 0 aliphatic rings. The van der Waals surface area contributed by atoms with Crippen molar-refractivity contribution >= 4 is 35.1 Å². The molecule has 26 heavy (non-hydrogen) atoms. The second-order valence-corrected chi connectivity index (χ2v) is 6.58. The highest BCUT2D eigenvalue weighted by atomic mass is 32.2. The predicted octanol–water partition coefficient (Wildman–Crippen LogP) is 3.44. The van der Waals surface area contributed by atoms with Gasteiger partial charge in [0.05, 0.1) is 5.56 Å². The molecule has 0 unspecified atom stereocenters. The number of esters is 1. The van der Waals surface area contributed by atoms with Gasteiger partial charge in [-0.1, -0.05) is 13.8 Å². The number of nitrogens with zero attached hydrogens (tertiary/aromatic N) is 1. The van der Waals surface area contributed by atoms with Gasteiger partial charge in [0.25, 0.3) is 0 Å². The molecule has 2 rings (SSSR count). The van der Waals surface area contributed by atoms with Crippen LogP contribution in [0.3, 0.4) is 0 Å². The first-order chi connectivity index (χ1) is 12.4. The summed E-state index contributed by atoms with van der Waals surface area (Å²) < 4.78 is 5.10. The van der Waals surface area contributed by atoms with Gasteiger partial charge in [-0.3, -0.25) is 9.59 Å². The summed E-state index contributed by atoms with van der Waals surface area (Å²) in [6.07, 6.45) is 3.40. The van der Waals surface area contributed by atoms with E-state index >= 15 is 0 Å². The standard InChI is InChI=1S/C19H20N2O4S/c1-12(2)17(23)21-14-8-6-13(7-9-14)16(22)11-25-19(24)15-5-4-10-20-18(15)26-3/h4-10,12H,11H2,1-3H3,(H,21,23). The van der Waals surface area contributed by atoms with Crippen LogP contribution in [0.5, 0.6) is 0 Å². The Morgan fingerprint density at radius 1 is 1.15 bits per heavy atom. The Labute approximate surface area is 156 Å². The average molecular weight is 372 g/mol. The van der Waals surface area contributed by atoms with Crippen LogP contribution in [0.2, 0.25) is 0 Å². The van der Waals surface area contributed by atoms with Gasteiger partial charge in [0, 0.05) is 23.4 Å². The van der Waals surface area contributed by atoms with Crippen LogP contribution in [-0.2, 0) is 9.53 Å². The first kappa shape index (κ1) is 19.7. The molecule has 2 aromatic rings. The van der Waals surface area contributed by atoms with Gasteiger partial charge in [-0.15, -0.1) is 11.8 Å². The minimum Gasteiger partial charge on any atom is -0.454 e. The van der Waals surface area contributed by atoms with Gasteiger partial charge in [0.15, 0.2) is 12.4 Å². The van der Waals surface area contributed by atoms with Gasteiger partial charge < -0.3 is 10.1 Å². The largest absolute Gasteiger partial charge is 0.454 e. The molecule has 0 aliphatic heterocycles. The molecule has 136 valence electrons. The molecule has 0 spiro atoms. The van der Waals surface area contributed by atoms with Crippen LogP contribution in [0.25, 0.3) is 0 Å². The predicted molar refractivity (Wildman–Crippen MR) is 101 cm³/mol. The van der Waals surface area contributed by atoms with Crippen molar-refractivity contribution in [2.45, 2.75) is 18.9 Å². The number of ketones is 1. The van der Waals surface area contributed by atoms with Crippen molar-refractivity contribution in [2.24, 2.45) is 5.92 Å². The van der Waals surface area contributed by atoms with Gasteiger partial charge in [-0.25, -0.2) is 9.78 Å². The fourth-order valence-corrected chi connectivity index (χ4v) is 2.56. The summed E-state index contributed by atoms with van der Waals surface area (Å²) in [6, 6.07) is 9.71. The monoisotopic (exact) mass is 372 g/mol. The molecular weight excluding hydrogens is 352 g/mol. The lowest BCUT2D eigenvalue weighted by atomic mass is 10.1. The molecule has 7 heteroatoms. The van der Waals surface area contributed by atoms with E-state index in [0.29, 0.717) is 21.8 Å². The zero-order valence-electron chi connectivity index (χ0n) is 14.8. The van der Waals surface area contributed by atoms with E-state index in [1.54, 1.807) is 56.4 Å². The van der Waals surface area contributed by atoms with Crippen molar-refractivity contribution in [3.05, 3.63) is 53.7 Å². The molecule has 1 aromatic heterocycles. The molecule has 6 nitrogen and oxygen atoms in total. The molecule has 1 amide bonds. The fraction of sp³-hybridized carbons (Fsp3) is 0.263. The number of ether oxygens (including phenoxy) is 1. The second-order valence-electron chi connectivity index (χ2n) is 5.78. The number of hydrogen-bond donors (Lipinski definition) is 1. The third-order valence-electron chi connectivity index (χ3n) is 3.52. The van der Waals surface area contributed by atoms with Gasteiger partial charge in [0.2, 0.25) is 5.91 Å².